The average Bonchev–Trinajstić information content (AvgIpc) is 3.33. The van der Waals surface area contributed by atoms with Crippen LogP contribution < -0.4 is 4.74 Å². The molecule has 1 aliphatic rings. The Kier molecular flexibility index (Phi) is 18.1. The molecule has 214 valence electrons. The van der Waals surface area contributed by atoms with Crippen LogP contribution in [0.1, 0.15) is 112 Å². The Morgan fingerprint density at radius 3 is 2.32 bits per heavy atom. The van der Waals surface area contributed by atoms with Crippen molar-refractivity contribution in [2.45, 2.75) is 112 Å². The zero-order chi connectivity index (χ0) is 28.3. The summed E-state index contributed by atoms with van der Waals surface area (Å²) in [6, 6.07) is 0. The third-order valence-electron chi connectivity index (χ3n) is 5.33. The standard InChI is InChI=1S/C24H40N3O5S.2C2H6/c1-6-7-8-9-16-30-23-22(25-33-26-23)19-12-11-15-27(5,17-19)18-31-20(28)13-10-14-21(29)32-24(2,3)4;2*1-2/h12H,6-11,13-18H2,1-5H3;2*1-2H3/q+1;;. The first-order chi connectivity index (χ1) is 17.6. The molecule has 0 amide bonds. The molecule has 0 saturated carbocycles. The van der Waals surface area contributed by atoms with Gasteiger partial charge in [0.2, 0.25) is 6.73 Å². The first-order valence-corrected chi connectivity index (χ1v) is 14.7. The summed E-state index contributed by atoms with van der Waals surface area (Å²) < 4.78 is 26.1. The molecule has 0 aliphatic carbocycles. The normalized spacial score (nSPS) is 16.8. The fourth-order valence-electron chi connectivity index (χ4n) is 3.63. The monoisotopic (exact) mass is 542 g/mol. The van der Waals surface area contributed by atoms with Gasteiger partial charge in [-0.25, -0.2) is 0 Å². The topological polar surface area (TPSA) is 87.6 Å². The molecule has 1 aliphatic heterocycles. The van der Waals surface area contributed by atoms with Crippen LogP contribution in [0, 0.1) is 0 Å². The Labute approximate surface area is 229 Å². The number of ether oxygens (including phenoxy) is 3. The van der Waals surface area contributed by atoms with E-state index in [1.807, 2.05) is 48.5 Å². The van der Waals surface area contributed by atoms with Crippen molar-refractivity contribution in [3.63, 3.8) is 0 Å². The second-order valence-corrected chi connectivity index (χ2v) is 10.5. The van der Waals surface area contributed by atoms with Gasteiger partial charge in [-0.3, -0.25) is 14.1 Å². The van der Waals surface area contributed by atoms with Crippen molar-refractivity contribution in [3.8, 4) is 5.88 Å². The molecule has 0 saturated heterocycles. The number of esters is 2. The summed E-state index contributed by atoms with van der Waals surface area (Å²) in [4.78, 5) is 24.0. The largest absolute Gasteiger partial charge is 0.475 e. The third-order valence-corrected chi connectivity index (χ3v) is 5.84. The molecule has 1 unspecified atom stereocenters. The minimum atomic E-state index is -0.511. The highest BCUT2D eigenvalue weighted by atomic mass is 32.1. The van der Waals surface area contributed by atoms with E-state index in [-0.39, 0.29) is 31.5 Å². The predicted octanol–water partition coefficient (Wildman–Crippen LogP) is 6.80. The van der Waals surface area contributed by atoms with Gasteiger partial charge in [-0.2, -0.15) is 4.37 Å². The van der Waals surface area contributed by atoms with Gasteiger partial charge in [-0.1, -0.05) is 60.0 Å². The van der Waals surface area contributed by atoms with Crippen molar-refractivity contribution in [1.82, 2.24) is 8.75 Å². The number of rotatable bonds is 13. The van der Waals surface area contributed by atoms with Crippen LogP contribution in [0.2, 0.25) is 0 Å². The molecule has 0 aromatic carbocycles. The minimum absolute atomic E-state index is 0.202. The summed E-state index contributed by atoms with van der Waals surface area (Å²) in [6.45, 7) is 18.2. The lowest BCUT2D eigenvalue weighted by Gasteiger charge is -2.36. The van der Waals surface area contributed by atoms with E-state index in [0.717, 1.165) is 37.1 Å². The number of likely N-dealkylation sites (N-methyl/N-ethyl adjacent to an activating group) is 1. The highest BCUT2D eigenvalue weighted by molar-refractivity contribution is 6.99. The van der Waals surface area contributed by atoms with Gasteiger partial charge < -0.3 is 14.2 Å². The van der Waals surface area contributed by atoms with Crippen LogP contribution in [0.15, 0.2) is 6.08 Å². The lowest BCUT2D eigenvalue weighted by Crippen LogP contribution is -2.49. The third kappa shape index (κ3) is 15.1. The van der Waals surface area contributed by atoms with Crippen molar-refractivity contribution >= 4 is 29.2 Å². The minimum Gasteiger partial charge on any atom is -0.475 e. The number of carbonyl (C=O) groups is 2. The maximum atomic E-state index is 12.2. The Morgan fingerprint density at radius 1 is 1.00 bits per heavy atom. The molecular weight excluding hydrogens is 490 g/mol. The number of hydrogen-bond acceptors (Lipinski definition) is 8. The van der Waals surface area contributed by atoms with Crippen molar-refractivity contribution in [2.75, 3.05) is 33.5 Å². The smallest absolute Gasteiger partial charge is 0.310 e. The van der Waals surface area contributed by atoms with Gasteiger partial charge in [-0.15, -0.1) is 4.37 Å². The molecule has 0 spiro atoms. The van der Waals surface area contributed by atoms with Crippen LogP contribution in [0.25, 0.3) is 5.57 Å². The first kappa shape index (κ1) is 35.0. The van der Waals surface area contributed by atoms with E-state index in [0.29, 0.717) is 29.9 Å². The van der Waals surface area contributed by atoms with E-state index in [1.165, 1.54) is 24.6 Å². The Bertz CT molecular complexity index is 804. The maximum Gasteiger partial charge on any atom is 0.310 e. The highest BCUT2D eigenvalue weighted by Crippen LogP contribution is 2.30. The molecule has 37 heavy (non-hydrogen) atoms. The van der Waals surface area contributed by atoms with Crippen molar-refractivity contribution in [3.05, 3.63) is 11.8 Å². The molecule has 2 rings (SSSR count). The van der Waals surface area contributed by atoms with Gasteiger partial charge in [0.1, 0.15) is 17.8 Å². The molecule has 8 nitrogen and oxygen atoms in total. The molecule has 1 aromatic rings. The molecule has 0 fully saturated rings. The summed E-state index contributed by atoms with van der Waals surface area (Å²) in [5.74, 6) is 0.0242. The van der Waals surface area contributed by atoms with Crippen LogP contribution >= 0.6 is 11.7 Å². The molecule has 1 atom stereocenters. The number of nitrogens with zero attached hydrogens (tertiary/aromatic N) is 3. The summed E-state index contributed by atoms with van der Waals surface area (Å²) in [7, 11) is 2.08. The zero-order valence-corrected chi connectivity index (χ0v) is 25.7. The van der Waals surface area contributed by atoms with Gasteiger partial charge in [0.05, 0.1) is 31.9 Å². The van der Waals surface area contributed by atoms with E-state index >= 15 is 0 Å². The van der Waals surface area contributed by atoms with Crippen LogP contribution in [0.4, 0.5) is 0 Å². The summed E-state index contributed by atoms with van der Waals surface area (Å²) in [6.07, 6.45) is 8.47. The van der Waals surface area contributed by atoms with Crippen molar-refractivity contribution in [2.24, 2.45) is 0 Å². The number of quaternary nitrogens is 1. The molecule has 2 heterocycles. The SMILES string of the molecule is CC.CC.CCCCCCOc1nsnc1C1=CCC[N+](C)(COC(=O)CCCC(=O)OC(C)(C)C)C1. The van der Waals surface area contributed by atoms with E-state index in [1.54, 1.807) is 0 Å². The number of unbranched alkanes of at least 4 members (excludes halogenated alkanes) is 3. The van der Waals surface area contributed by atoms with Gasteiger partial charge in [0.15, 0.2) is 0 Å². The lowest BCUT2D eigenvalue weighted by atomic mass is 10.1. The Morgan fingerprint density at radius 2 is 1.68 bits per heavy atom. The molecule has 0 radical (unpaired) electrons. The molecule has 0 bridgehead atoms. The van der Waals surface area contributed by atoms with Gasteiger partial charge in [0.25, 0.3) is 5.88 Å². The van der Waals surface area contributed by atoms with E-state index < -0.39 is 5.60 Å². The second kappa shape index (κ2) is 19.1. The first-order valence-electron chi connectivity index (χ1n) is 14.0. The zero-order valence-electron chi connectivity index (χ0n) is 24.9. The fourth-order valence-corrected chi connectivity index (χ4v) is 4.16. The number of aromatic nitrogens is 2. The fraction of sp³-hybridized carbons (Fsp3) is 0.786. The number of carbonyl (C=O) groups excluding carboxylic acids is 2. The van der Waals surface area contributed by atoms with E-state index in [9.17, 15) is 9.59 Å². The Hall–Kier alpha value is -2.00. The molecule has 1 aromatic heterocycles. The summed E-state index contributed by atoms with van der Waals surface area (Å²) in [5.41, 5.74) is 1.38. The van der Waals surface area contributed by atoms with Crippen LogP contribution in [0.5, 0.6) is 5.88 Å². The molecular formula is C28H52N3O5S+. The van der Waals surface area contributed by atoms with Gasteiger partial charge in [-0.05, 0) is 33.6 Å². The van der Waals surface area contributed by atoms with E-state index in [4.69, 9.17) is 14.2 Å². The quantitative estimate of drug-likeness (QED) is 0.154. The van der Waals surface area contributed by atoms with Gasteiger partial charge >= 0.3 is 11.9 Å². The predicted molar refractivity (Wildman–Crippen MR) is 151 cm³/mol. The lowest BCUT2D eigenvalue weighted by molar-refractivity contribution is -0.919. The highest BCUT2D eigenvalue weighted by Gasteiger charge is 2.31. The molecule has 9 heteroatoms. The van der Waals surface area contributed by atoms with E-state index in [2.05, 4.69) is 28.8 Å². The van der Waals surface area contributed by atoms with Crippen LogP contribution in [0.3, 0.4) is 0 Å². The number of hydrogen-bond donors (Lipinski definition) is 0. The molecule has 0 N–H and O–H groups in total. The second-order valence-electron chi connectivity index (χ2n) is 9.93. The summed E-state index contributed by atoms with van der Waals surface area (Å²) in [5, 5.41) is 0. The maximum absolute atomic E-state index is 12.2. The van der Waals surface area contributed by atoms with Crippen molar-refractivity contribution in [1.29, 1.82) is 0 Å². The van der Waals surface area contributed by atoms with Crippen LogP contribution in [-0.2, 0) is 19.1 Å². The van der Waals surface area contributed by atoms with Gasteiger partial charge in [0, 0.05) is 24.8 Å². The van der Waals surface area contributed by atoms with Crippen molar-refractivity contribution < 1.29 is 28.3 Å². The average molecular weight is 543 g/mol. The Balaban J connectivity index is 0.00000308. The van der Waals surface area contributed by atoms with Crippen LogP contribution in [-0.4, -0.2) is 64.2 Å². The summed E-state index contributed by atoms with van der Waals surface area (Å²) >= 11 is 1.17.